The first kappa shape index (κ1) is 27.8. The molecule has 186 valence electrons. The minimum Gasteiger partial charge on any atom is -0.297 e. The van der Waals surface area contributed by atoms with Gasteiger partial charge in [-0.3, -0.25) is 4.79 Å². The van der Waals surface area contributed by atoms with Crippen LogP contribution in [0, 0.1) is 0 Å². The van der Waals surface area contributed by atoms with Gasteiger partial charge in [0.05, 0.1) is 8.66 Å². The first-order valence-electron chi connectivity index (χ1n) is 13.1. The molecule has 0 bridgehead atoms. The molecule has 34 heavy (non-hydrogen) atoms. The summed E-state index contributed by atoms with van der Waals surface area (Å²) in [6.07, 6.45) is 19.3. The second kappa shape index (κ2) is 15.4. The quantitative estimate of drug-likeness (QED) is 0.115. The lowest BCUT2D eigenvalue weighted by Crippen LogP contribution is -1.86. The van der Waals surface area contributed by atoms with E-state index >= 15 is 0 Å². The van der Waals surface area contributed by atoms with E-state index in [1.807, 2.05) is 28.7 Å². The number of aryl methyl sites for hydroxylation is 2. The molecule has 5 heteroatoms. The Labute approximate surface area is 227 Å². The summed E-state index contributed by atoms with van der Waals surface area (Å²) in [6, 6.07) is 8.88. The summed E-state index contributed by atoms with van der Waals surface area (Å²) in [4.78, 5) is 17.4. The lowest BCUT2D eigenvalue weighted by molar-refractivity contribution is 0.112. The molecule has 0 fully saturated rings. The summed E-state index contributed by atoms with van der Waals surface area (Å²) in [6.45, 7) is 4.56. The van der Waals surface area contributed by atoms with E-state index < -0.39 is 0 Å². The first-order chi connectivity index (χ1) is 16.7. The van der Waals surface area contributed by atoms with Crippen LogP contribution in [0.25, 0.3) is 19.5 Å². The third-order valence-electron chi connectivity index (χ3n) is 6.38. The second-order valence-corrected chi connectivity index (χ2v) is 13.8. The van der Waals surface area contributed by atoms with Gasteiger partial charge in [0.1, 0.15) is 0 Å². The minimum atomic E-state index is 0.808. The normalized spacial score (nSPS) is 11.4. The van der Waals surface area contributed by atoms with Gasteiger partial charge in [-0.2, -0.15) is 0 Å². The van der Waals surface area contributed by atoms with Gasteiger partial charge in [-0.1, -0.05) is 78.1 Å². The predicted molar refractivity (Wildman–Crippen MR) is 158 cm³/mol. The highest BCUT2D eigenvalue weighted by Crippen LogP contribution is 2.45. The molecule has 0 aliphatic heterocycles. The molecule has 0 radical (unpaired) electrons. The van der Waals surface area contributed by atoms with Crippen LogP contribution in [0.5, 0.6) is 0 Å². The fourth-order valence-electron chi connectivity index (χ4n) is 4.37. The summed E-state index contributed by atoms with van der Waals surface area (Å²) in [7, 11) is 0. The average molecular weight is 580 g/mol. The molecule has 0 spiro atoms. The van der Waals surface area contributed by atoms with Crippen molar-refractivity contribution in [3.63, 3.8) is 0 Å². The second-order valence-electron chi connectivity index (χ2n) is 9.23. The predicted octanol–water partition coefficient (Wildman–Crippen LogP) is 11.6. The van der Waals surface area contributed by atoms with Crippen LogP contribution in [0.15, 0.2) is 28.1 Å². The zero-order valence-corrected chi connectivity index (χ0v) is 24.8. The van der Waals surface area contributed by atoms with Gasteiger partial charge in [0.15, 0.2) is 6.29 Å². The van der Waals surface area contributed by atoms with Gasteiger partial charge in [-0.15, -0.1) is 34.0 Å². The highest BCUT2D eigenvalue weighted by Gasteiger charge is 2.17. The van der Waals surface area contributed by atoms with Crippen LogP contribution in [0.2, 0.25) is 0 Å². The maximum Gasteiger partial charge on any atom is 0.160 e. The van der Waals surface area contributed by atoms with Gasteiger partial charge < -0.3 is 0 Å². The number of halogens is 1. The molecular weight excluding hydrogens is 540 g/mol. The van der Waals surface area contributed by atoms with Gasteiger partial charge in [-0.05, 0) is 77.0 Å². The molecule has 0 N–H and O–H groups in total. The third-order valence-corrected chi connectivity index (χ3v) is 10.9. The number of hydrogen-bond donors (Lipinski definition) is 0. The van der Waals surface area contributed by atoms with Gasteiger partial charge >= 0.3 is 0 Å². The fourth-order valence-corrected chi connectivity index (χ4v) is 8.39. The number of thiophene rings is 3. The number of rotatable bonds is 17. The smallest absolute Gasteiger partial charge is 0.160 e. The van der Waals surface area contributed by atoms with E-state index in [0.29, 0.717) is 0 Å². The van der Waals surface area contributed by atoms with E-state index in [4.69, 9.17) is 0 Å². The van der Waals surface area contributed by atoms with Crippen LogP contribution in [-0.2, 0) is 12.8 Å². The van der Waals surface area contributed by atoms with Crippen molar-refractivity contribution >= 4 is 56.2 Å². The van der Waals surface area contributed by atoms with E-state index in [0.717, 1.165) is 17.6 Å². The first-order valence-corrected chi connectivity index (χ1v) is 16.4. The van der Waals surface area contributed by atoms with Gasteiger partial charge in [0, 0.05) is 19.5 Å². The van der Waals surface area contributed by atoms with E-state index in [-0.39, 0.29) is 0 Å². The zero-order valence-electron chi connectivity index (χ0n) is 20.8. The summed E-state index contributed by atoms with van der Waals surface area (Å²) >= 11 is 9.28. The average Bonchev–Trinajstić information content (AvgIpc) is 3.57. The number of aldehydes is 1. The van der Waals surface area contributed by atoms with Crippen molar-refractivity contribution in [1.29, 1.82) is 0 Å². The van der Waals surface area contributed by atoms with Crippen LogP contribution in [0.1, 0.15) is 112 Å². The number of unbranched alkanes of at least 4 members (excludes halogenated alkanes) is 10. The summed E-state index contributed by atoms with van der Waals surface area (Å²) in [5.74, 6) is 0. The van der Waals surface area contributed by atoms with E-state index in [9.17, 15) is 4.79 Å². The molecule has 3 aromatic rings. The maximum atomic E-state index is 11.2. The monoisotopic (exact) mass is 578 g/mol. The Kier molecular flexibility index (Phi) is 12.6. The summed E-state index contributed by atoms with van der Waals surface area (Å²) in [5, 5.41) is 0. The van der Waals surface area contributed by atoms with Crippen molar-refractivity contribution in [2.75, 3.05) is 0 Å². The van der Waals surface area contributed by atoms with Gasteiger partial charge in [0.25, 0.3) is 0 Å². The molecule has 3 aromatic heterocycles. The third kappa shape index (κ3) is 8.43. The van der Waals surface area contributed by atoms with Gasteiger partial charge in [0.2, 0.25) is 0 Å². The SMILES string of the molecule is CCCCCCCCc1cc(-c2sc(-c3ccc(C=O)s3)cc2CCCCCCCC)sc1Br. The number of carbonyl (C=O) groups excluding carboxylic acids is 1. The molecule has 0 unspecified atom stereocenters. The molecule has 0 amide bonds. The molecule has 0 aliphatic rings. The Bertz CT molecular complexity index is 997. The van der Waals surface area contributed by atoms with Crippen molar-refractivity contribution in [3.8, 4) is 19.5 Å². The molecule has 0 saturated heterocycles. The van der Waals surface area contributed by atoms with E-state index in [1.54, 1.807) is 11.3 Å². The Morgan fingerprint density at radius 2 is 1.26 bits per heavy atom. The highest BCUT2D eigenvalue weighted by molar-refractivity contribution is 9.11. The van der Waals surface area contributed by atoms with Gasteiger partial charge in [-0.25, -0.2) is 0 Å². The molecular formula is C29H39BrOS3. The summed E-state index contributed by atoms with van der Waals surface area (Å²) in [5.41, 5.74) is 2.95. The van der Waals surface area contributed by atoms with Crippen LogP contribution in [0.4, 0.5) is 0 Å². The largest absolute Gasteiger partial charge is 0.297 e. The molecule has 0 atom stereocenters. The van der Waals surface area contributed by atoms with E-state index in [2.05, 4.69) is 48.0 Å². The highest BCUT2D eigenvalue weighted by atomic mass is 79.9. The molecule has 3 rings (SSSR count). The Balaban J connectivity index is 1.72. The molecule has 3 heterocycles. The van der Waals surface area contributed by atoms with Crippen LogP contribution in [-0.4, -0.2) is 6.29 Å². The van der Waals surface area contributed by atoms with Crippen molar-refractivity contribution in [1.82, 2.24) is 0 Å². The minimum absolute atomic E-state index is 0.808. The van der Waals surface area contributed by atoms with Crippen LogP contribution in [0.3, 0.4) is 0 Å². The summed E-state index contributed by atoms with van der Waals surface area (Å²) < 4.78 is 1.30. The van der Waals surface area contributed by atoms with Crippen LogP contribution < -0.4 is 0 Å². The zero-order chi connectivity index (χ0) is 24.2. The lowest BCUT2D eigenvalue weighted by Gasteiger charge is -2.03. The topological polar surface area (TPSA) is 17.1 Å². The number of hydrogen-bond acceptors (Lipinski definition) is 4. The van der Waals surface area contributed by atoms with E-state index in [1.165, 1.54) is 118 Å². The number of carbonyl (C=O) groups is 1. The Hall–Kier alpha value is -0.750. The lowest BCUT2D eigenvalue weighted by atomic mass is 10.0. The molecule has 1 nitrogen and oxygen atoms in total. The van der Waals surface area contributed by atoms with Crippen LogP contribution >= 0.6 is 49.9 Å². The van der Waals surface area contributed by atoms with Crippen molar-refractivity contribution in [3.05, 3.63) is 44.1 Å². The van der Waals surface area contributed by atoms with Crippen molar-refractivity contribution in [2.45, 2.75) is 104 Å². The molecule has 0 saturated carbocycles. The Morgan fingerprint density at radius 1 is 0.676 bits per heavy atom. The molecule has 0 aromatic carbocycles. The standard InChI is InChI=1S/C29H39BrOS3/c1-3-5-7-9-11-13-15-22-19-26(25-18-17-24(21-31)32-25)33-28(22)27-20-23(29(30)34-27)16-14-12-10-8-6-4-2/h17-21H,3-16H2,1-2H3. The van der Waals surface area contributed by atoms with Crippen molar-refractivity contribution in [2.24, 2.45) is 0 Å². The van der Waals surface area contributed by atoms with Crippen molar-refractivity contribution < 1.29 is 4.79 Å². The Morgan fingerprint density at radius 3 is 1.88 bits per heavy atom. The molecule has 0 aliphatic carbocycles. The maximum absolute atomic E-state index is 11.2. The fraction of sp³-hybridized carbons (Fsp3) is 0.552.